The van der Waals surface area contributed by atoms with Crippen LogP contribution < -0.4 is 9.80 Å². The number of carbonyl (C=O) groups excluding carboxylic acids is 2. The number of benzene rings is 2. The molecule has 0 fully saturated rings. The third kappa shape index (κ3) is 2.38. The maximum absolute atomic E-state index is 12.5. The predicted octanol–water partition coefficient (Wildman–Crippen LogP) is 3.37. The van der Waals surface area contributed by atoms with E-state index in [0.717, 1.165) is 0 Å². The van der Waals surface area contributed by atoms with Crippen LogP contribution in [0.2, 0.25) is 5.02 Å². The smallest absolute Gasteiger partial charge is 0.241 e. The van der Waals surface area contributed by atoms with Crippen LogP contribution in [0.5, 0.6) is 0 Å². The van der Waals surface area contributed by atoms with Gasteiger partial charge in [-0.3, -0.25) is 14.5 Å². The summed E-state index contributed by atoms with van der Waals surface area (Å²) in [7, 11) is 1.66. The van der Waals surface area contributed by atoms with Crippen molar-refractivity contribution >= 4 is 40.5 Å². The van der Waals surface area contributed by atoms with Gasteiger partial charge in [0, 0.05) is 17.8 Å². The van der Waals surface area contributed by atoms with E-state index in [4.69, 9.17) is 11.6 Å². The van der Waals surface area contributed by atoms with Gasteiger partial charge >= 0.3 is 0 Å². The van der Waals surface area contributed by atoms with Crippen molar-refractivity contribution in [2.75, 3.05) is 16.8 Å². The number of carbonyl (C=O) groups is 2. The minimum absolute atomic E-state index is 0.169. The summed E-state index contributed by atoms with van der Waals surface area (Å²) >= 11 is 6.07. The lowest BCUT2D eigenvalue weighted by molar-refractivity contribution is -0.125. The number of hydrogen-bond donors (Lipinski definition) is 0. The third-order valence-corrected chi connectivity index (χ3v) is 3.72. The Bertz CT molecular complexity index is 715. The first-order chi connectivity index (χ1) is 10.1. The first kappa shape index (κ1) is 13.6. The van der Waals surface area contributed by atoms with E-state index < -0.39 is 0 Å². The van der Waals surface area contributed by atoms with Gasteiger partial charge in [-0.05, 0) is 30.3 Å². The Morgan fingerprint density at radius 3 is 2.38 bits per heavy atom. The standard InChI is InChI=1S/C16H13ClN2O2/c1-18-13-8-7-11(17)9-14(13)19(16(21)10-15(18)20)12-5-3-2-4-6-12/h2-9H,10H2,1H3/i7+1,8+1,9+1,11+1,13+1,14+1. The molecule has 2 amide bonds. The molecule has 2 aromatic carbocycles. The van der Waals surface area contributed by atoms with Gasteiger partial charge in [-0.15, -0.1) is 0 Å². The number of fused-ring (bicyclic) bond motifs is 1. The van der Waals surface area contributed by atoms with Crippen molar-refractivity contribution in [3.8, 4) is 0 Å². The Kier molecular flexibility index (Phi) is 3.39. The van der Waals surface area contributed by atoms with Crippen molar-refractivity contribution in [1.29, 1.82) is 0 Å². The monoisotopic (exact) mass is 306 g/mol. The van der Waals surface area contributed by atoms with E-state index in [1.807, 2.05) is 30.3 Å². The summed E-state index contributed by atoms with van der Waals surface area (Å²) in [4.78, 5) is 27.6. The first-order valence-electron chi connectivity index (χ1n) is 6.52. The fourth-order valence-electron chi connectivity index (χ4n) is 2.42. The summed E-state index contributed by atoms with van der Waals surface area (Å²) in [5.74, 6) is -0.499. The summed E-state index contributed by atoms with van der Waals surface area (Å²) in [5.41, 5.74) is 2.00. The van der Waals surface area contributed by atoms with Crippen molar-refractivity contribution in [1.82, 2.24) is 0 Å². The molecule has 0 N–H and O–H groups in total. The first-order valence-corrected chi connectivity index (χ1v) is 6.90. The molecule has 106 valence electrons. The number of anilines is 3. The van der Waals surface area contributed by atoms with Gasteiger partial charge in [0.25, 0.3) is 0 Å². The van der Waals surface area contributed by atoms with Crippen molar-refractivity contribution < 1.29 is 9.59 Å². The van der Waals surface area contributed by atoms with Gasteiger partial charge in [-0.1, -0.05) is 29.8 Å². The molecule has 4 nitrogen and oxygen atoms in total. The second-order valence-electron chi connectivity index (χ2n) is 4.83. The van der Waals surface area contributed by atoms with E-state index in [2.05, 4.69) is 0 Å². The van der Waals surface area contributed by atoms with Crippen LogP contribution >= 0.6 is 11.6 Å². The molecule has 0 bridgehead atoms. The van der Waals surface area contributed by atoms with Crippen LogP contribution in [0.3, 0.4) is 0 Å². The molecule has 0 radical (unpaired) electrons. The van der Waals surface area contributed by atoms with Crippen molar-refractivity contribution in [3.63, 3.8) is 0 Å². The molecule has 1 heterocycles. The van der Waals surface area contributed by atoms with E-state index in [0.29, 0.717) is 22.1 Å². The molecule has 0 saturated carbocycles. The third-order valence-electron chi connectivity index (χ3n) is 3.48. The van der Waals surface area contributed by atoms with E-state index >= 15 is 0 Å². The molecular weight excluding hydrogens is 294 g/mol. The SMILES string of the molecule is CN1C(=O)CC(=O)N(c2ccccc2)[13c]2[13cH][13c](Cl)[13cH][13cH][13c]21. The molecule has 0 saturated heterocycles. The number of rotatable bonds is 1. The fraction of sp³-hybridized carbons (Fsp3) is 0.125. The Morgan fingerprint density at radius 1 is 0.952 bits per heavy atom. The number of hydrogen-bond acceptors (Lipinski definition) is 2. The molecule has 21 heavy (non-hydrogen) atoms. The van der Waals surface area contributed by atoms with E-state index in [9.17, 15) is 9.59 Å². The topological polar surface area (TPSA) is 40.6 Å². The lowest BCUT2D eigenvalue weighted by atomic mass is 10.3. The maximum atomic E-state index is 12.5. The zero-order valence-corrected chi connectivity index (χ0v) is 12.2. The van der Waals surface area contributed by atoms with Gasteiger partial charge in [0.1, 0.15) is 6.42 Å². The number of amides is 2. The summed E-state index contributed by atoms with van der Waals surface area (Å²) in [6.07, 6.45) is -0.169. The lowest BCUT2D eigenvalue weighted by Gasteiger charge is -2.24. The van der Waals surface area contributed by atoms with Crippen molar-refractivity contribution in [3.05, 3.63) is 53.6 Å². The predicted molar refractivity (Wildman–Crippen MR) is 83.1 cm³/mol. The molecule has 1 aliphatic heterocycles. The van der Waals surface area contributed by atoms with Gasteiger partial charge < -0.3 is 4.90 Å². The van der Waals surface area contributed by atoms with Gasteiger partial charge in [-0.25, -0.2) is 0 Å². The molecule has 0 aliphatic carbocycles. The van der Waals surface area contributed by atoms with Gasteiger partial charge in [-0.2, -0.15) is 0 Å². The van der Waals surface area contributed by atoms with Crippen LogP contribution in [0.1, 0.15) is 6.42 Å². The summed E-state index contributed by atoms with van der Waals surface area (Å²) < 4.78 is 0. The van der Waals surface area contributed by atoms with E-state index in [1.165, 1.54) is 4.90 Å². The molecule has 0 aromatic heterocycles. The maximum Gasteiger partial charge on any atom is 0.241 e. The highest BCUT2D eigenvalue weighted by atomic mass is 35.5. The zero-order chi connectivity index (χ0) is 15.0. The fourth-order valence-corrected chi connectivity index (χ4v) is 2.58. The quantitative estimate of drug-likeness (QED) is 0.758. The molecule has 2 aromatic rings. The molecule has 3 rings (SSSR count). The molecule has 1 aliphatic rings. The molecule has 5 heteroatoms. The Hall–Kier alpha value is -2.33. The molecule has 0 atom stereocenters. The van der Waals surface area contributed by atoms with Crippen LogP contribution in [-0.4, -0.2) is 18.9 Å². The van der Waals surface area contributed by atoms with Gasteiger partial charge in [0.05, 0.1) is 11.4 Å². The van der Waals surface area contributed by atoms with Gasteiger partial charge in [0.15, 0.2) is 0 Å². The normalized spacial score (nSPS) is 15.0. The van der Waals surface area contributed by atoms with Crippen LogP contribution in [0.15, 0.2) is 48.5 Å². The summed E-state index contributed by atoms with van der Waals surface area (Å²) in [6.45, 7) is 0. The average molecular weight is 307 g/mol. The van der Waals surface area contributed by atoms with Crippen LogP contribution in [0.4, 0.5) is 17.1 Å². The largest absolute Gasteiger partial charge is 0.313 e. The highest BCUT2D eigenvalue weighted by Gasteiger charge is 2.30. The van der Waals surface area contributed by atoms with Crippen LogP contribution in [-0.2, 0) is 9.59 Å². The second kappa shape index (κ2) is 5.22. The zero-order valence-electron chi connectivity index (χ0n) is 11.4. The summed E-state index contributed by atoms with van der Waals surface area (Å²) in [5, 5.41) is 0.519. The Balaban J connectivity index is 2.24. The van der Waals surface area contributed by atoms with Crippen molar-refractivity contribution in [2.24, 2.45) is 0 Å². The van der Waals surface area contributed by atoms with E-state index in [1.54, 1.807) is 30.1 Å². The molecule has 0 unspecified atom stereocenters. The summed E-state index contributed by atoms with van der Waals surface area (Å²) in [6, 6.07) is 14.4. The average Bonchev–Trinajstić information content (AvgIpc) is 2.56. The molecule has 0 spiro atoms. The number of halogens is 1. The second-order valence-corrected chi connectivity index (χ2v) is 5.26. The number of para-hydroxylation sites is 1. The molecular formula is C16H13ClN2O2. The minimum Gasteiger partial charge on any atom is -0.313 e. The Morgan fingerprint density at radius 2 is 1.67 bits per heavy atom. The van der Waals surface area contributed by atoms with Crippen LogP contribution in [0.25, 0.3) is 0 Å². The van der Waals surface area contributed by atoms with Gasteiger partial charge in [0.2, 0.25) is 11.8 Å². The Labute approximate surface area is 127 Å². The lowest BCUT2D eigenvalue weighted by Crippen LogP contribution is -2.28. The highest BCUT2D eigenvalue weighted by Crippen LogP contribution is 2.38. The highest BCUT2D eigenvalue weighted by molar-refractivity contribution is 6.31. The minimum atomic E-state index is -0.265. The number of nitrogens with zero attached hydrogens (tertiary/aromatic N) is 2. The van der Waals surface area contributed by atoms with E-state index in [-0.39, 0.29) is 18.2 Å². The van der Waals surface area contributed by atoms with Crippen molar-refractivity contribution in [2.45, 2.75) is 6.42 Å². The van der Waals surface area contributed by atoms with Crippen LogP contribution in [0, 0.1) is 0 Å².